The van der Waals surface area contributed by atoms with E-state index in [9.17, 15) is 14.0 Å². The van der Waals surface area contributed by atoms with Gasteiger partial charge in [0.15, 0.2) is 0 Å². The van der Waals surface area contributed by atoms with Crippen molar-refractivity contribution >= 4 is 6.08 Å². The normalized spacial score (nSPS) is 20.5. The van der Waals surface area contributed by atoms with Crippen molar-refractivity contribution in [1.29, 1.82) is 5.26 Å². The van der Waals surface area contributed by atoms with Gasteiger partial charge in [-0.2, -0.15) is 5.26 Å². The Hall–Kier alpha value is -3.43. The molecule has 0 spiro atoms. The van der Waals surface area contributed by atoms with Crippen LogP contribution in [0, 0.1) is 23.0 Å². The second-order valence-electron chi connectivity index (χ2n) is 7.76. The van der Waals surface area contributed by atoms with Crippen LogP contribution in [0.5, 0.6) is 0 Å². The topological polar surface area (TPSA) is 62.3 Å². The molecule has 2 aromatic carbocycles. The SMILES string of the molecule is CCCN1CC2=C(OC(N)=C(C#N)[C@H]2c2ccc(F)cc2)/C(=C\c2ccc(F)cc2)C1. The highest BCUT2D eigenvalue weighted by Crippen LogP contribution is 2.43. The zero-order valence-corrected chi connectivity index (χ0v) is 17.2. The molecule has 6 heteroatoms. The van der Waals surface area contributed by atoms with Crippen LogP contribution in [0.25, 0.3) is 6.08 Å². The van der Waals surface area contributed by atoms with Gasteiger partial charge in [0.2, 0.25) is 5.88 Å². The number of nitriles is 1. The first-order chi connectivity index (χ1) is 15.0. The lowest BCUT2D eigenvalue weighted by molar-refractivity contribution is 0.234. The molecular weight excluding hydrogens is 396 g/mol. The molecule has 0 aliphatic carbocycles. The van der Waals surface area contributed by atoms with Gasteiger partial charge in [-0.3, -0.25) is 4.90 Å². The Labute approximate surface area is 180 Å². The van der Waals surface area contributed by atoms with E-state index in [1.165, 1.54) is 24.3 Å². The first-order valence-corrected chi connectivity index (χ1v) is 10.2. The molecule has 2 heterocycles. The van der Waals surface area contributed by atoms with Crippen molar-refractivity contribution in [3.63, 3.8) is 0 Å². The molecule has 0 fully saturated rings. The maximum Gasteiger partial charge on any atom is 0.205 e. The van der Waals surface area contributed by atoms with Crippen molar-refractivity contribution < 1.29 is 13.5 Å². The molecular formula is C25H23F2N3O. The summed E-state index contributed by atoms with van der Waals surface area (Å²) in [5, 5.41) is 9.81. The second-order valence-corrected chi connectivity index (χ2v) is 7.76. The van der Waals surface area contributed by atoms with Gasteiger partial charge in [0.25, 0.3) is 0 Å². The highest BCUT2D eigenvalue weighted by atomic mass is 19.1. The quantitative estimate of drug-likeness (QED) is 0.771. The largest absolute Gasteiger partial charge is 0.440 e. The van der Waals surface area contributed by atoms with Crippen LogP contribution in [0.1, 0.15) is 30.4 Å². The number of hydrogen-bond donors (Lipinski definition) is 1. The van der Waals surface area contributed by atoms with Gasteiger partial charge in [0.1, 0.15) is 29.0 Å². The summed E-state index contributed by atoms with van der Waals surface area (Å²) in [5.74, 6) is -0.347. The van der Waals surface area contributed by atoms with Crippen LogP contribution >= 0.6 is 0 Å². The van der Waals surface area contributed by atoms with Crippen molar-refractivity contribution in [2.45, 2.75) is 19.3 Å². The summed E-state index contributed by atoms with van der Waals surface area (Å²) in [5.41, 5.74) is 9.95. The maximum absolute atomic E-state index is 13.6. The average Bonchev–Trinajstić information content (AvgIpc) is 2.76. The summed E-state index contributed by atoms with van der Waals surface area (Å²) in [6.45, 7) is 4.25. The summed E-state index contributed by atoms with van der Waals surface area (Å²) < 4.78 is 32.9. The number of allylic oxidation sites excluding steroid dienone is 1. The molecule has 158 valence electrons. The van der Waals surface area contributed by atoms with E-state index < -0.39 is 5.92 Å². The molecule has 4 rings (SSSR count). The molecule has 1 atom stereocenters. The lowest BCUT2D eigenvalue weighted by Crippen LogP contribution is -2.38. The molecule has 2 N–H and O–H groups in total. The summed E-state index contributed by atoms with van der Waals surface area (Å²) in [7, 11) is 0. The smallest absolute Gasteiger partial charge is 0.205 e. The minimum absolute atomic E-state index is 0.0597. The molecule has 0 radical (unpaired) electrons. The Morgan fingerprint density at radius 2 is 1.74 bits per heavy atom. The summed E-state index contributed by atoms with van der Waals surface area (Å²) in [4.78, 5) is 2.28. The molecule has 0 saturated heterocycles. The van der Waals surface area contributed by atoms with E-state index in [1.54, 1.807) is 24.3 Å². The van der Waals surface area contributed by atoms with Crippen molar-refractivity contribution in [1.82, 2.24) is 4.90 Å². The monoisotopic (exact) mass is 419 g/mol. The van der Waals surface area contributed by atoms with E-state index in [2.05, 4.69) is 17.9 Å². The molecule has 2 aliphatic rings. The Balaban J connectivity index is 1.85. The minimum atomic E-state index is -0.411. The highest BCUT2D eigenvalue weighted by molar-refractivity contribution is 5.63. The maximum atomic E-state index is 13.6. The van der Waals surface area contributed by atoms with E-state index in [1.807, 2.05) is 6.08 Å². The standard InChI is InChI=1S/C25H23F2N3O/c1-2-11-30-14-18(12-16-3-7-19(26)8-4-16)24-22(15-30)23(21(13-28)25(29)31-24)17-5-9-20(27)10-6-17/h3-10,12,23H,2,11,14-15,29H2,1H3/b18-12-/t23-/m1/s1. The molecule has 0 unspecified atom stereocenters. The number of benzene rings is 2. The van der Waals surface area contributed by atoms with Crippen molar-refractivity contribution in [2.75, 3.05) is 19.6 Å². The number of halogens is 2. The molecule has 0 bridgehead atoms. The van der Waals surface area contributed by atoms with Crippen LogP contribution in [-0.2, 0) is 4.74 Å². The fraction of sp³-hybridized carbons (Fsp3) is 0.240. The Kier molecular flexibility index (Phi) is 5.88. The summed E-state index contributed by atoms with van der Waals surface area (Å²) in [6.07, 6.45) is 2.93. The van der Waals surface area contributed by atoms with Crippen molar-refractivity contribution in [3.8, 4) is 6.07 Å². The van der Waals surface area contributed by atoms with Gasteiger partial charge < -0.3 is 10.5 Å². The van der Waals surface area contributed by atoms with E-state index in [4.69, 9.17) is 10.5 Å². The highest BCUT2D eigenvalue weighted by Gasteiger charge is 2.37. The molecule has 0 amide bonds. The van der Waals surface area contributed by atoms with Gasteiger partial charge in [-0.15, -0.1) is 0 Å². The average molecular weight is 419 g/mol. The van der Waals surface area contributed by atoms with Gasteiger partial charge in [-0.1, -0.05) is 31.2 Å². The van der Waals surface area contributed by atoms with Crippen LogP contribution in [0.3, 0.4) is 0 Å². The van der Waals surface area contributed by atoms with Crippen LogP contribution in [0.15, 0.2) is 76.9 Å². The van der Waals surface area contributed by atoms with Gasteiger partial charge in [-0.05, 0) is 60.0 Å². The van der Waals surface area contributed by atoms with Crippen molar-refractivity contribution in [2.24, 2.45) is 5.73 Å². The lowest BCUT2D eigenvalue weighted by Gasteiger charge is -2.38. The molecule has 4 nitrogen and oxygen atoms in total. The number of nitrogens with two attached hydrogens (primary N) is 1. The third kappa shape index (κ3) is 4.23. The number of rotatable bonds is 4. The van der Waals surface area contributed by atoms with Gasteiger partial charge in [0, 0.05) is 18.7 Å². The predicted octanol–water partition coefficient (Wildman–Crippen LogP) is 4.84. The Morgan fingerprint density at radius 1 is 1.10 bits per heavy atom. The molecule has 0 saturated carbocycles. The van der Waals surface area contributed by atoms with E-state index in [-0.39, 0.29) is 17.5 Å². The fourth-order valence-corrected chi connectivity index (χ4v) is 4.21. The molecule has 2 aromatic rings. The zero-order chi connectivity index (χ0) is 22.0. The fourth-order valence-electron chi connectivity index (χ4n) is 4.21. The molecule has 0 aromatic heterocycles. The second kappa shape index (κ2) is 8.75. The van der Waals surface area contributed by atoms with Gasteiger partial charge >= 0.3 is 0 Å². The van der Waals surface area contributed by atoms with Crippen LogP contribution in [-0.4, -0.2) is 24.5 Å². The first kappa shape index (κ1) is 20.8. The third-order valence-corrected chi connectivity index (χ3v) is 5.56. The van der Waals surface area contributed by atoms with E-state index in [0.717, 1.165) is 35.2 Å². The number of hydrogen-bond acceptors (Lipinski definition) is 4. The Morgan fingerprint density at radius 3 is 2.35 bits per heavy atom. The van der Waals surface area contributed by atoms with Crippen LogP contribution < -0.4 is 5.73 Å². The van der Waals surface area contributed by atoms with Gasteiger partial charge in [-0.25, -0.2) is 8.78 Å². The van der Waals surface area contributed by atoms with Crippen LogP contribution in [0.2, 0.25) is 0 Å². The molecule has 2 aliphatic heterocycles. The van der Waals surface area contributed by atoms with E-state index >= 15 is 0 Å². The minimum Gasteiger partial charge on any atom is -0.440 e. The summed E-state index contributed by atoms with van der Waals surface area (Å²) in [6, 6.07) is 14.6. The lowest BCUT2D eigenvalue weighted by atomic mass is 9.80. The van der Waals surface area contributed by atoms with Gasteiger partial charge in [0.05, 0.1) is 5.92 Å². The van der Waals surface area contributed by atoms with E-state index in [0.29, 0.717) is 24.4 Å². The summed E-state index contributed by atoms with van der Waals surface area (Å²) >= 11 is 0. The Bertz CT molecular complexity index is 1110. The van der Waals surface area contributed by atoms with Crippen molar-refractivity contribution in [3.05, 3.63) is 99.7 Å². The zero-order valence-electron chi connectivity index (χ0n) is 17.2. The third-order valence-electron chi connectivity index (χ3n) is 5.56. The first-order valence-electron chi connectivity index (χ1n) is 10.2. The van der Waals surface area contributed by atoms with Crippen LogP contribution in [0.4, 0.5) is 8.78 Å². The predicted molar refractivity (Wildman–Crippen MR) is 115 cm³/mol. The number of nitrogens with zero attached hydrogens (tertiary/aromatic N) is 2. The molecule has 31 heavy (non-hydrogen) atoms. The number of ether oxygens (including phenoxy) is 1.